The molecule has 0 spiro atoms. The number of nitrogens with zero attached hydrogens (tertiary/aromatic N) is 2. The van der Waals surface area contributed by atoms with E-state index in [9.17, 15) is 18.9 Å². The molecule has 0 atom stereocenters. The summed E-state index contributed by atoms with van der Waals surface area (Å²) in [6, 6.07) is 2.07. The van der Waals surface area contributed by atoms with Gasteiger partial charge in [-0.3, -0.25) is 10.1 Å². The van der Waals surface area contributed by atoms with Crippen molar-refractivity contribution in [3.8, 4) is 6.07 Å². The first-order valence-electron chi connectivity index (χ1n) is 3.66. The highest BCUT2D eigenvalue weighted by Gasteiger charge is 2.24. The molecule has 0 amide bonds. The Kier molecular flexibility index (Phi) is 3.17. The van der Waals surface area contributed by atoms with E-state index in [0.717, 1.165) is 0 Å². The predicted octanol–water partition coefficient (Wildman–Crippen LogP) is 2.59. The lowest BCUT2D eigenvalue weighted by Crippen LogP contribution is -2.01. The molecule has 0 heterocycles. The lowest BCUT2D eigenvalue weighted by Gasteiger charge is -2.02. The van der Waals surface area contributed by atoms with Crippen molar-refractivity contribution < 1.29 is 13.7 Å². The Morgan fingerprint density at radius 2 is 2.13 bits per heavy atom. The minimum atomic E-state index is -1.36. The largest absolute Gasteiger partial charge is 0.306 e. The van der Waals surface area contributed by atoms with Crippen LogP contribution in [0.2, 0.25) is 5.02 Å². The number of hydrogen-bond donors (Lipinski definition) is 0. The van der Waals surface area contributed by atoms with Crippen LogP contribution in [0.1, 0.15) is 5.56 Å². The molecule has 0 aliphatic heterocycles. The molecule has 0 saturated carbocycles. The first kappa shape index (κ1) is 11.3. The summed E-state index contributed by atoms with van der Waals surface area (Å²) in [6.07, 6.45) is -0.612. The minimum Gasteiger partial charge on any atom is -0.258 e. The lowest BCUT2D eigenvalue weighted by molar-refractivity contribution is -0.387. The van der Waals surface area contributed by atoms with Crippen LogP contribution in [0.4, 0.5) is 14.5 Å². The highest BCUT2D eigenvalue weighted by Crippen LogP contribution is 2.29. The summed E-state index contributed by atoms with van der Waals surface area (Å²) in [5, 5.41) is 18.1. The maximum Gasteiger partial charge on any atom is 0.306 e. The van der Waals surface area contributed by atoms with Gasteiger partial charge in [0.15, 0.2) is 0 Å². The van der Waals surface area contributed by atoms with Gasteiger partial charge < -0.3 is 0 Å². The molecule has 1 aromatic carbocycles. The van der Waals surface area contributed by atoms with Gasteiger partial charge in [0.05, 0.1) is 22.4 Å². The van der Waals surface area contributed by atoms with Crippen LogP contribution in [-0.4, -0.2) is 4.92 Å². The molecule has 0 unspecified atom stereocenters. The third kappa shape index (κ3) is 2.02. The molecule has 0 bridgehead atoms. The fourth-order valence-corrected chi connectivity index (χ4v) is 1.23. The van der Waals surface area contributed by atoms with Crippen molar-refractivity contribution >= 4 is 17.3 Å². The smallest absolute Gasteiger partial charge is 0.258 e. The van der Waals surface area contributed by atoms with Gasteiger partial charge in [-0.25, -0.2) is 4.39 Å². The first-order valence-corrected chi connectivity index (χ1v) is 4.04. The molecule has 0 radical (unpaired) electrons. The SMILES string of the molecule is N#CCc1c(F)c(Cl)cc([N+](=O)[O-])c1F. The van der Waals surface area contributed by atoms with E-state index in [1.54, 1.807) is 0 Å². The third-order valence-corrected chi connectivity index (χ3v) is 1.96. The van der Waals surface area contributed by atoms with Crippen molar-refractivity contribution in [2.75, 3.05) is 0 Å². The van der Waals surface area contributed by atoms with E-state index >= 15 is 0 Å². The van der Waals surface area contributed by atoms with Gasteiger partial charge in [-0.2, -0.15) is 9.65 Å². The molecule has 1 rings (SSSR count). The zero-order chi connectivity index (χ0) is 11.6. The molecule has 15 heavy (non-hydrogen) atoms. The monoisotopic (exact) mass is 232 g/mol. The van der Waals surface area contributed by atoms with Crippen molar-refractivity contribution in [2.24, 2.45) is 0 Å². The maximum absolute atomic E-state index is 13.3. The van der Waals surface area contributed by atoms with Crippen LogP contribution in [0, 0.1) is 33.1 Å². The average molecular weight is 233 g/mol. The molecule has 0 aliphatic rings. The molecular weight excluding hydrogens is 230 g/mol. The molecular formula is C8H3ClF2N2O2. The van der Waals surface area contributed by atoms with Crippen molar-refractivity contribution in [2.45, 2.75) is 6.42 Å². The van der Waals surface area contributed by atoms with Gasteiger partial charge in [0.2, 0.25) is 5.82 Å². The van der Waals surface area contributed by atoms with Crippen molar-refractivity contribution in [1.82, 2.24) is 0 Å². The van der Waals surface area contributed by atoms with Crippen molar-refractivity contribution in [3.05, 3.63) is 38.4 Å². The van der Waals surface area contributed by atoms with Crippen molar-refractivity contribution in [1.29, 1.82) is 5.26 Å². The second-order valence-electron chi connectivity index (χ2n) is 2.58. The van der Waals surface area contributed by atoms with Crippen LogP contribution in [0.5, 0.6) is 0 Å². The summed E-state index contributed by atoms with van der Waals surface area (Å²) in [5.41, 5.74) is -1.62. The minimum absolute atomic E-state index is 0.576. The Balaban J connectivity index is 3.50. The lowest BCUT2D eigenvalue weighted by atomic mass is 10.1. The normalized spacial score (nSPS) is 9.73. The highest BCUT2D eigenvalue weighted by molar-refractivity contribution is 6.31. The average Bonchev–Trinajstić information content (AvgIpc) is 2.18. The maximum atomic E-state index is 13.3. The van der Waals surface area contributed by atoms with E-state index in [1.165, 1.54) is 6.07 Å². The fourth-order valence-electron chi connectivity index (χ4n) is 1.01. The van der Waals surface area contributed by atoms with Crippen LogP contribution < -0.4 is 0 Å². The Morgan fingerprint density at radius 3 is 2.60 bits per heavy atom. The van der Waals surface area contributed by atoms with E-state index in [-0.39, 0.29) is 0 Å². The van der Waals surface area contributed by atoms with Crippen molar-refractivity contribution in [3.63, 3.8) is 0 Å². The van der Waals surface area contributed by atoms with E-state index in [1.807, 2.05) is 0 Å². The summed E-state index contributed by atoms with van der Waals surface area (Å²) in [6.45, 7) is 0. The van der Waals surface area contributed by atoms with Crippen LogP contribution in [0.3, 0.4) is 0 Å². The molecule has 0 N–H and O–H groups in total. The molecule has 78 valence electrons. The Hall–Kier alpha value is -1.74. The highest BCUT2D eigenvalue weighted by atomic mass is 35.5. The zero-order valence-electron chi connectivity index (χ0n) is 7.13. The molecule has 0 saturated heterocycles. The Bertz CT molecular complexity index is 471. The Morgan fingerprint density at radius 1 is 1.53 bits per heavy atom. The second kappa shape index (κ2) is 4.19. The quantitative estimate of drug-likeness (QED) is 0.447. The fraction of sp³-hybridized carbons (Fsp3) is 0.125. The summed E-state index contributed by atoms with van der Waals surface area (Å²) >= 11 is 5.32. The summed E-state index contributed by atoms with van der Waals surface area (Å²) in [7, 11) is 0. The number of rotatable bonds is 2. The summed E-state index contributed by atoms with van der Waals surface area (Å²) < 4.78 is 26.4. The summed E-state index contributed by atoms with van der Waals surface area (Å²) in [5.74, 6) is -2.50. The van der Waals surface area contributed by atoms with Gasteiger partial charge in [0.25, 0.3) is 0 Å². The number of halogens is 3. The van der Waals surface area contributed by atoms with Gasteiger partial charge in [0, 0.05) is 11.6 Å². The number of benzene rings is 1. The second-order valence-corrected chi connectivity index (χ2v) is 2.98. The van der Waals surface area contributed by atoms with Crippen LogP contribution in [0.25, 0.3) is 0 Å². The topological polar surface area (TPSA) is 66.9 Å². The third-order valence-electron chi connectivity index (χ3n) is 1.68. The van der Waals surface area contributed by atoms with E-state index < -0.39 is 39.3 Å². The van der Waals surface area contributed by atoms with Crippen LogP contribution >= 0.6 is 11.6 Å². The predicted molar refractivity (Wildman–Crippen MR) is 47.3 cm³/mol. The number of nitro benzene ring substituents is 1. The van der Waals surface area contributed by atoms with Crippen LogP contribution in [-0.2, 0) is 6.42 Å². The number of nitro groups is 1. The number of nitriles is 1. The summed E-state index contributed by atoms with van der Waals surface area (Å²) in [4.78, 5) is 9.32. The van der Waals surface area contributed by atoms with E-state index in [0.29, 0.717) is 6.07 Å². The molecule has 1 aromatic rings. The van der Waals surface area contributed by atoms with Gasteiger partial charge >= 0.3 is 5.69 Å². The van der Waals surface area contributed by atoms with E-state index in [2.05, 4.69) is 0 Å². The Labute approximate surface area is 87.8 Å². The molecule has 4 nitrogen and oxygen atoms in total. The molecule has 0 aromatic heterocycles. The van der Waals surface area contributed by atoms with Crippen LogP contribution in [0.15, 0.2) is 6.07 Å². The van der Waals surface area contributed by atoms with Gasteiger partial charge in [-0.05, 0) is 0 Å². The van der Waals surface area contributed by atoms with E-state index in [4.69, 9.17) is 16.9 Å². The zero-order valence-corrected chi connectivity index (χ0v) is 7.89. The van der Waals surface area contributed by atoms with Gasteiger partial charge in [-0.1, -0.05) is 11.6 Å². The van der Waals surface area contributed by atoms with Gasteiger partial charge in [0.1, 0.15) is 5.82 Å². The molecule has 7 heteroatoms. The number of hydrogen-bond acceptors (Lipinski definition) is 3. The molecule has 0 aliphatic carbocycles. The van der Waals surface area contributed by atoms with Gasteiger partial charge in [-0.15, -0.1) is 0 Å². The first-order chi connectivity index (χ1) is 6.99. The standard InChI is InChI=1S/C8H3ClF2N2O2/c9-5-3-6(13(14)15)8(11)4(1-2-12)7(5)10/h3H,1H2. The molecule has 0 fully saturated rings.